The number of benzene rings is 1. The Morgan fingerprint density at radius 2 is 1.74 bits per heavy atom. The van der Waals surface area contributed by atoms with Crippen molar-refractivity contribution in [1.82, 2.24) is 0 Å². The monoisotopic (exact) mass is 282 g/mol. The van der Waals surface area contributed by atoms with Gasteiger partial charge in [-0.3, -0.25) is 4.79 Å². The first-order valence-corrected chi connectivity index (χ1v) is 8.16. The van der Waals surface area contributed by atoms with E-state index in [-0.39, 0.29) is 18.1 Å². The lowest BCUT2D eigenvalue weighted by Gasteiger charge is -2.10. The van der Waals surface area contributed by atoms with Crippen LogP contribution in [0.5, 0.6) is 0 Å². The van der Waals surface area contributed by atoms with E-state index in [4.69, 9.17) is 5.11 Å². The third kappa shape index (κ3) is 3.80. The Kier molecular flexibility index (Phi) is 4.24. The maximum atomic E-state index is 12.2. The number of hydrogen-bond acceptors (Lipinski definition) is 3. The molecule has 104 valence electrons. The Morgan fingerprint density at radius 1 is 1.16 bits per heavy atom. The molecule has 4 nitrogen and oxygen atoms in total. The van der Waals surface area contributed by atoms with Crippen molar-refractivity contribution in [2.24, 2.45) is 5.92 Å². The van der Waals surface area contributed by atoms with Gasteiger partial charge in [0.05, 0.1) is 17.1 Å². The van der Waals surface area contributed by atoms with Crippen molar-refractivity contribution in [3.05, 3.63) is 29.8 Å². The zero-order chi connectivity index (χ0) is 13.9. The zero-order valence-corrected chi connectivity index (χ0v) is 11.5. The molecule has 0 amide bonds. The van der Waals surface area contributed by atoms with Crippen LogP contribution in [0.25, 0.3) is 0 Å². The molecule has 1 aromatic rings. The molecule has 1 N–H and O–H groups in total. The van der Waals surface area contributed by atoms with Gasteiger partial charge in [0.1, 0.15) is 0 Å². The quantitative estimate of drug-likeness (QED) is 0.899. The summed E-state index contributed by atoms with van der Waals surface area (Å²) >= 11 is 0. The summed E-state index contributed by atoms with van der Waals surface area (Å²) in [6.07, 6.45) is 4.16. The van der Waals surface area contributed by atoms with Crippen LogP contribution in [0.4, 0.5) is 0 Å². The molecule has 0 aliphatic heterocycles. The fourth-order valence-electron chi connectivity index (χ4n) is 2.57. The maximum absolute atomic E-state index is 12.2. The van der Waals surface area contributed by atoms with Crippen molar-refractivity contribution in [3.63, 3.8) is 0 Å². The summed E-state index contributed by atoms with van der Waals surface area (Å²) < 4.78 is 24.4. The van der Waals surface area contributed by atoms with Crippen LogP contribution < -0.4 is 0 Å². The molecule has 1 fully saturated rings. The zero-order valence-electron chi connectivity index (χ0n) is 10.7. The second kappa shape index (κ2) is 5.74. The minimum Gasteiger partial charge on any atom is -0.481 e. The molecule has 5 heteroatoms. The van der Waals surface area contributed by atoms with Crippen molar-refractivity contribution in [3.8, 4) is 0 Å². The molecule has 0 spiro atoms. The molecular weight excluding hydrogens is 264 g/mol. The topological polar surface area (TPSA) is 71.4 Å². The van der Waals surface area contributed by atoms with Gasteiger partial charge in [-0.1, -0.05) is 25.0 Å². The third-order valence-corrected chi connectivity index (χ3v) is 5.47. The third-order valence-electron chi connectivity index (χ3n) is 3.57. The predicted octanol–water partition coefficient (Wildman–Crippen LogP) is 2.28. The lowest BCUT2D eigenvalue weighted by molar-refractivity contribution is -0.136. The minimum absolute atomic E-state index is 0.0804. The second-order valence-electron chi connectivity index (χ2n) is 5.15. The van der Waals surface area contributed by atoms with Crippen LogP contribution in [0.2, 0.25) is 0 Å². The van der Waals surface area contributed by atoms with Gasteiger partial charge in [0, 0.05) is 0 Å². The van der Waals surface area contributed by atoms with E-state index in [1.54, 1.807) is 12.1 Å². The van der Waals surface area contributed by atoms with E-state index in [9.17, 15) is 13.2 Å². The first-order valence-electron chi connectivity index (χ1n) is 6.51. The number of hydrogen-bond donors (Lipinski definition) is 1. The van der Waals surface area contributed by atoms with Gasteiger partial charge in [-0.05, 0) is 36.5 Å². The van der Waals surface area contributed by atoms with E-state index in [0.717, 1.165) is 25.7 Å². The maximum Gasteiger partial charge on any atom is 0.307 e. The van der Waals surface area contributed by atoms with E-state index in [1.165, 1.54) is 12.1 Å². The molecule has 1 aliphatic rings. The summed E-state index contributed by atoms with van der Waals surface area (Å²) in [5.74, 6) is -0.420. The second-order valence-corrected chi connectivity index (χ2v) is 7.18. The molecule has 0 unspecified atom stereocenters. The van der Waals surface area contributed by atoms with E-state index in [2.05, 4.69) is 0 Å². The number of aliphatic carboxylic acids is 1. The van der Waals surface area contributed by atoms with Crippen molar-refractivity contribution in [2.75, 3.05) is 5.75 Å². The van der Waals surface area contributed by atoms with Crippen LogP contribution in [0, 0.1) is 5.92 Å². The highest BCUT2D eigenvalue weighted by atomic mass is 32.2. The molecule has 0 bridgehead atoms. The lowest BCUT2D eigenvalue weighted by atomic mass is 10.1. The van der Waals surface area contributed by atoms with Gasteiger partial charge in [-0.25, -0.2) is 8.42 Å². The van der Waals surface area contributed by atoms with Gasteiger partial charge in [0.15, 0.2) is 9.84 Å². The number of carboxylic acid groups (broad SMARTS) is 1. The van der Waals surface area contributed by atoms with Gasteiger partial charge in [-0.2, -0.15) is 0 Å². The molecule has 0 radical (unpaired) electrons. The van der Waals surface area contributed by atoms with Crippen molar-refractivity contribution in [1.29, 1.82) is 0 Å². The van der Waals surface area contributed by atoms with Crippen molar-refractivity contribution in [2.45, 2.75) is 37.0 Å². The van der Waals surface area contributed by atoms with Crippen LogP contribution >= 0.6 is 0 Å². The van der Waals surface area contributed by atoms with Crippen LogP contribution in [0.3, 0.4) is 0 Å². The molecule has 1 saturated carbocycles. The highest BCUT2D eigenvalue weighted by molar-refractivity contribution is 7.91. The average molecular weight is 282 g/mol. The summed E-state index contributed by atoms with van der Waals surface area (Å²) in [6.45, 7) is 0. The summed E-state index contributed by atoms with van der Waals surface area (Å²) in [4.78, 5) is 10.9. The van der Waals surface area contributed by atoms with Gasteiger partial charge < -0.3 is 5.11 Å². The average Bonchev–Trinajstić information content (AvgIpc) is 2.81. The largest absolute Gasteiger partial charge is 0.481 e. The Labute approximate surface area is 113 Å². The van der Waals surface area contributed by atoms with Crippen LogP contribution in [-0.2, 0) is 21.1 Å². The van der Waals surface area contributed by atoms with Gasteiger partial charge >= 0.3 is 5.97 Å². The van der Waals surface area contributed by atoms with Gasteiger partial charge in [0.2, 0.25) is 0 Å². The highest BCUT2D eigenvalue weighted by Crippen LogP contribution is 2.28. The van der Waals surface area contributed by atoms with E-state index in [1.807, 2.05) is 0 Å². The molecule has 0 atom stereocenters. The first kappa shape index (κ1) is 14.1. The number of rotatable bonds is 5. The fourth-order valence-corrected chi connectivity index (χ4v) is 4.27. The van der Waals surface area contributed by atoms with E-state index in [0.29, 0.717) is 10.5 Å². The smallest absolute Gasteiger partial charge is 0.307 e. The molecule has 0 saturated heterocycles. The minimum atomic E-state index is -3.24. The first-order chi connectivity index (χ1) is 8.97. The molecule has 0 aromatic heterocycles. The molecule has 1 aliphatic carbocycles. The number of carbonyl (C=O) groups is 1. The summed E-state index contributed by atoms with van der Waals surface area (Å²) in [5.41, 5.74) is 0.618. The van der Waals surface area contributed by atoms with Gasteiger partial charge in [-0.15, -0.1) is 0 Å². The normalized spacial score (nSPS) is 16.6. The Bertz CT molecular complexity index is 539. The summed E-state index contributed by atoms with van der Waals surface area (Å²) in [5, 5.41) is 8.67. The summed E-state index contributed by atoms with van der Waals surface area (Å²) in [6, 6.07) is 6.19. The fraction of sp³-hybridized carbons (Fsp3) is 0.500. The molecule has 1 aromatic carbocycles. The number of sulfone groups is 1. The molecule has 0 heterocycles. The molecular formula is C14H18O4S. The standard InChI is InChI=1S/C14H18O4S/c15-14(16)9-11-5-7-13(8-6-11)19(17,18)10-12-3-1-2-4-12/h5-8,12H,1-4,9-10H2,(H,15,16). The highest BCUT2D eigenvalue weighted by Gasteiger charge is 2.23. The molecule has 19 heavy (non-hydrogen) atoms. The summed E-state index contributed by atoms with van der Waals surface area (Å²) in [7, 11) is -3.24. The van der Waals surface area contributed by atoms with Crippen LogP contribution in [-0.4, -0.2) is 25.2 Å². The van der Waals surface area contributed by atoms with Crippen molar-refractivity contribution < 1.29 is 18.3 Å². The van der Waals surface area contributed by atoms with E-state index < -0.39 is 15.8 Å². The van der Waals surface area contributed by atoms with Crippen LogP contribution in [0.1, 0.15) is 31.2 Å². The Balaban J connectivity index is 2.09. The van der Waals surface area contributed by atoms with Crippen LogP contribution in [0.15, 0.2) is 29.2 Å². The Hall–Kier alpha value is -1.36. The SMILES string of the molecule is O=C(O)Cc1ccc(S(=O)(=O)CC2CCCC2)cc1. The van der Waals surface area contributed by atoms with E-state index >= 15 is 0 Å². The van der Waals surface area contributed by atoms with Crippen molar-refractivity contribution >= 4 is 15.8 Å². The number of carboxylic acids is 1. The van der Waals surface area contributed by atoms with Gasteiger partial charge in [0.25, 0.3) is 0 Å². The Morgan fingerprint density at radius 3 is 2.26 bits per heavy atom. The molecule has 2 rings (SSSR count). The predicted molar refractivity (Wildman–Crippen MR) is 71.8 cm³/mol. The lowest BCUT2D eigenvalue weighted by Crippen LogP contribution is -2.14.